The number of H-pyrrole nitrogens is 1. The van der Waals surface area contributed by atoms with Gasteiger partial charge >= 0.3 is 0 Å². The standard InChI is InChI=1S/C21H20N4O4S2/c1-29-15-6-8-16(9-7-15)31(27,28)25-21-24-19(13-30-21)20(26)22-11-10-14-12-23-18-5-3-2-4-17(14)18/h2-9,12-13,23H,10-11H2,1H3,(H,22,26)(H,24,25). The SMILES string of the molecule is COc1ccc(S(=O)(=O)Nc2nc(C(=O)NCCc3c[nH]c4ccccc34)cs2)cc1. The van der Waals surface area contributed by atoms with Crippen LogP contribution in [0.25, 0.3) is 10.9 Å². The van der Waals surface area contributed by atoms with Gasteiger partial charge in [-0.25, -0.2) is 13.4 Å². The van der Waals surface area contributed by atoms with Crippen molar-refractivity contribution in [3.63, 3.8) is 0 Å². The van der Waals surface area contributed by atoms with Crippen molar-refractivity contribution in [3.8, 4) is 5.75 Å². The molecule has 0 saturated heterocycles. The van der Waals surface area contributed by atoms with E-state index < -0.39 is 10.0 Å². The first-order valence-corrected chi connectivity index (χ1v) is 11.8. The number of benzene rings is 2. The summed E-state index contributed by atoms with van der Waals surface area (Å²) < 4.78 is 32.4. The van der Waals surface area contributed by atoms with Gasteiger partial charge in [0.1, 0.15) is 11.4 Å². The molecule has 4 rings (SSSR count). The minimum Gasteiger partial charge on any atom is -0.497 e. The van der Waals surface area contributed by atoms with Gasteiger partial charge in [-0.2, -0.15) is 0 Å². The Morgan fingerprint density at radius 1 is 1.16 bits per heavy atom. The van der Waals surface area contributed by atoms with Crippen molar-refractivity contribution in [1.29, 1.82) is 0 Å². The molecular formula is C21H20N4O4S2. The molecule has 31 heavy (non-hydrogen) atoms. The number of rotatable bonds is 8. The van der Waals surface area contributed by atoms with E-state index in [9.17, 15) is 13.2 Å². The Hall–Kier alpha value is -3.37. The molecule has 2 aromatic heterocycles. The fourth-order valence-corrected chi connectivity index (χ4v) is 5.04. The number of nitrogens with one attached hydrogen (secondary N) is 3. The summed E-state index contributed by atoms with van der Waals surface area (Å²) in [6.45, 7) is 0.436. The lowest BCUT2D eigenvalue weighted by Crippen LogP contribution is -2.26. The Kier molecular flexibility index (Phi) is 5.92. The van der Waals surface area contributed by atoms with E-state index in [1.807, 2.05) is 30.5 Å². The highest BCUT2D eigenvalue weighted by Gasteiger charge is 2.18. The van der Waals surface area contributed by atoms with Crippen LogP contribution >= 0.6 is 11.3 Å². The van der Waals surface area contributed by atoms with Gasteiger partial charge in [0.05, 0.1) is 12.0 Å². The van der Waals surface area contributed by atoms with Crippen LogP contribution in [0.2, 0.25) is 0 Å². The predicted molar refractivity (Wildman–Crippen MR) is 120 cm³/mol. The van der Waals surface area contributed by atoms with Crippen molar-refractivity contribution >= 4 is 43.3 Å². The normalized spacial score (nSPS) is 11.4. The fourth-order valence-electron chi connectivity index (χ4n) is 3.09. The topological polar surface area (TPSA) is 113 Å². The number of sulfonamides is 1. The van der Waals surface area contributed by atoms with Crippen LogP contribution in [0.15, 0.2) is 65.0 Å². The quantitative estimate of drug-likeness (QED) is 0.376. The number of carbonyl (C=O) groups excluding carboxylic acids is 1. The average Bonchev–Trinajstić information content (AvgIpc) is 3.41. The second-order valence-corrected chi connectivity index (χ2v) is 9.22. The van der Waals surface area contributed by atoms with Crippen molar-refractivity contribution in [2.45, 2.75) is 11.3 Å². The molecule has 0 aliphatic carbocycles. The highest BCUT2D eigenvalue weighted by Crippen LogP contribution is 2.22. The number of amides is 1. The molecule has 10 heteroatoms. The summed E-state index contributed by atoms with van der Waals surface area (Å²) >= 11 is 1.05. The Morgan fingerprint density at radius 2 is 1.94 bits per heavy atom. The molecule has 0 fully saturated rings. The van der Waals surface area contributed by atoms with Gasteiger partial charge in [0.25, 0.3) is 15.9 Å². The Labute approximate surface area is 183 Å². The van der Waals surface area contributed by atoms with Gasteiger partial charge in [0.2, 0.25) is 0 Å². The maximum absolute atomic E-state index is 12.5. The van der Waals surface area contributed by atoms with Crippen LogP contribution in [-0.4, -0.2) is 37.9 Å². The molecule has 0 bridgehead atoms. The van der Waals surface area contributed by atoms with Gasteiger partial charge in [-0.05, 0) is 42.3 Å². The van der Waals surface area contributed by atoms with E-state index in [1.165, 1.54) is 24.6 Å². The number of nitrogens with zero attached hydrogens (tertiary/aromatic N) is 1. The summed E-state index contributed by atoms with van der Waals surface area (Å²) in [5.74, 6) is 0.200. The minimum atomic E-state index is -3.81. The number of hydrogen-bond donors (Lipinski definition) is 3. The summed E-state index contributed by atoms with van der Waals surface area (Å²) in [5, 5.41) is 5.59. The number of para-hydroxylation sites is 1. The number of anilines is 1. The fraction of sp³-hybridized carbons (Fsp3) is 0.143. The molecule has 0 saturated carbocycles. The molecule has 4 aromatic rings. The summed E-state index contributed by atoms with van der Waals surface area (Å²) in [6.07, 6.45) is 2.60. The third-order valence-electron chi connectivity index (χ3n) is 4.68. The van der Waals surface area contributed by atoms with Gasteiger partial charge in [0.15, 0.2) is 5.13 Å². The van der Waals surface area contributed by atoms with Crippen molar-refractivity contribution in [1.82, 2.24) is 15.3 Å². The maximum Gasteiger partial charge on any atom is 0.270 e. The lowest BCUT2D eigenvalue weighted by Gasteiger charge is -2.06. The van der Waals surface area contributed by atoms with E-state index in [0.29, 0.717) is 18.7 Å². The van der Waals surface area contributed by atoms with Crippen LogP contribution in [0.1, 0.15) is 16.1 Å². The van der Waals surface area contributed by atoms with E-state index in [0.717, 1.165) is 27.8 Å². The highest BCUT2D eigenvalue weighted by atomic mass is 32.2. The largest absolute Gasteiger partial charge is 0.497 e. The average molecular weight is 457 g/mol. The zero-order valence-electron chi connectivity index (χ0n) is 16.6. The molecule has 0 atom stereocenters. The van der Waals surface area contributed by atoms with Crippen molar-refractivity contribution < 1.29 is 17.9 Å². The van der Waals surface area contributed by atoms with Gasteiger partial charge in [-0.1, -0.05) is 18.2 Å². The molecule has 1 amide bonds. The van der Waals surface area contributed by atoms with Crippen molar-refractivity contribution in [2.75, 3.05) is 18.4 Å². The number of aromatic amines is 1. The zero-order chi connectivity index (χ0) is 21.8. The molecule has 160 valence electrons. The number of carbonyl (C=O) groups is 1. The van der Waals surface area contributed by atoms with Gasteiger partial charge in [-0.3, -0.25) is 9.52 Å². The zero-order valence-corrected chi connectivity index (χ0v) is 18.2. The van der Waals surface area contributed by atoms with E-state index in [1.54, 1.807) is 12.1 Å². The van der Waals surface area contributed by atoms with Crippen LogP contribution in [0, 0.1) is 0 Å². The van der Waals surface area contributed by atoms with Crippen molar-refractivity contribution in [3.05, 3.63) is 71.4 Å². The number of fused-ring (bicyclic) bond motifs is 1. The van der Waals surface area contributed by atoms with Gasteiger partial charge < -0.3 is 15.0 Å². The molecule has 0 unspecified atom stereocenters. The summed E-state index contributed by atoms with van der Waals surface area (Å²) in [4.78, 5) is 19.8. The predicted octanol–water partition coefficient (Wildman–Crippen LogP) is 3.41. The lowest BCUT2D eigenvalue weighted by molar-refractivity contribution is 0.0950. The van der Waals surface area contributed by atoms with E-state index in [4.69, 9.17) is 4.74 Å². The van der Waals surface area contributed by atoms with Gasteiger partial charge in [-0.15, -0.1) is 11.3 Å². The first-order valence-electron chi connectivity index (χ1n) is 9.42. The number of thiazole rings is 1. The lowest BCUT2D eigenvalue weighted by atomic mass is 10.1. The molecular weight excluding hydrogens is 436 g/mol. The van der Waals surface area contributed by atoms with Crippen LogP contribution in [0.3, 0.4) is 0 Å². The highest BCUT2D eigenvalue weighted by molar-refractivity contribution is 7.93. The minimum absolute atomic E-state index is 0.0771. The first-order chi connectivity index (χ1) is 15.0. The van der Waals surface area contributed by atoms with E-state index in [-0.39, 0.29) is 21.6 Å². The smallest absolute Gasteiger partial charge is 0.270 e. The third-order valence-corrected chi connectivity index (χ3v) is 6.92. The Bertz CT molecular complexity index is 1310. The second-order valence-electron chi connectivity index (χ2n) is 6.68. The van der Waals surface area contributed by atoms with Crippen LogP contribution in [-0.2, 0) is 16.4 Å². The Morgan fingerprint density at radius 3 is 2.71 bits per heavy atom. The number of methoxy groups -OCH3 is 1. The summed E-state index contributed by atoms with van der Waals surface area (Å²) in [5.41, 5.74) is 2.33. The molecule has 0 aliphatic heterocycles. The molecule has 8 nitrogen and oxygen atoms in total. The number of ether oxygens (including phenoxy) is 1. The monoisotopic (exact) mass is 456 g/mol. The van der Waals surface area contributed by atoms with Crippen LogP contribution < -0.4 is 14.8 Å². The van der Waals surface area contributed by atoms with Gasteiger partial charge in [0, 0.05) is 29.0 Å². The molecule has 3 N–H and O–H groups in total. The third kappa shape index (κ3) is 4.70. The molecule has 2 heterocycles. The summed E-state index contributed by atoms with van der Waals surface area (Å²) in [7, 11) is -2.31. The number of hydrogen-bond acceptors (Lipinski definition) is 6. The van der Waals surface area contributed by atoms with Crippen molar-refractivity contribution in [2.24, 2.45) is 0 Å². The van der Waals surface area contributed by atoms with Crippen LogP contribution in [0.4, 0.5) is 5.13 Å². The molecule has 0 spiro atoms. The molecule has 0 radical (unpaired) electrons. The Balaban J connectivity index is 1.35. The number of aromatic nitrogens is 2. The van der Waals surface area contributed by atoms with E-state index in [2.05, 4.69) is 20.0 Å². The molecule has 0 aliphatic rings. The maximum atomic E-state index is 12.5. The first kappa shape index (κ1) is 20.9. The van der Waals surface area contributed by atoms with Crippen LogP contribution in [0.5, 0.6) is 5.75 Å². The van der Waals surface area contributed by atoms with E-state index >= 15 is 0 Å². The summed E-state index contributed by atoms with van der Waals surface area (Å²) in [6, 6.07) is 14.0. The second kappa shape index (κ2) is 8.78. The molecule has 2 aromatic carbocycles.